The molecule has 0 N–H and O–H groups in total. The van der Waals surface area contributed by atoms with Gasteiger partial charge in [-0.3, -0.25) is 9.69 Å². The van der Waals surface area contributed by atoms with Crippen LogP contribution < -0.4 is 4.74 Å². The van der Waals surface area contributed by atoms with E-state index >= 15 is 0 Å². The summed E-state index contributed by atoms with van der Waals surface area (Å²) in [6, 6.07) is 8.46. The van der Waals surface area contributed by atoms with Crippen LogP contribution in [0, 0.1) is 0 Å². The number of rotatable bonds is 10. The molecule has 0 aromatic heterocycles. The minimum atomic E-state index is 0.234. The lowest BCUT2D eigenvalue weighted by atomic mass is 10.1. The summed E-state index contributed by atoms with van der Waals surface area (Å²) in [6.07, 6.45) is 2.95. The summed E-state index contributed by atoms with van der Waals surface area (Å²) < 4.78 is 5.19. The van der Waals surface area contributed by atoms with Gasteiger partial charge in [-0.15, -0.1) is 0 Å². The molecule has 0 fully saturated rings. The zero-order chi connectivity index (χ0) is 17.2. The van der Waals surface area contributed by atoms with Crippen molar-refractivity contribution in [1.29, 1.82) is 0 Å². The molecule has 1 aromatic carbocycles. The van der Waals surface area contributed by atoms with Crippen molar-refractivity contribution in [2.24, 2.45) is 0 Å². The lowest BCUT2D eigenvalue weighted by molar-refractivity contribution is -0.132. The van der Waals surface area contributed by atoms with Crippen LogP contribution in [0.15, 0.2) is 24.3 Å². The van der Waals surface area contributed by atoms with E-state index in [-0.39, 0.29) is 5.91 Å². The molecule has 0 aliphatic carbocycles. The average Bonchev–Trinajstić information content (AvgIpc) is 2.55. The molecule has 130 valence electrons. The van der Waals surface area contributed by atoms with Gasteiger partial charge in [-0.1, -0.05) is 26.0 Å². The Morgan fingerprint density at radius 2 is 1.70 bits per heavy atom. The molecule has 1 atom stereocenters. The van der Waals surface area contributed by atoms with Crippen molar-refractivity contribution in [1.82, 2.24) is 9.80 Å². The van der Waals surface area contributed by atoms with Crippen LogP contribution in [-0.4, -0.2) is 55.5 Å². The molecule has 0 heterocycles. The predicted molar refractivity (Wildman–Crippen MR) is 96.0 cm³/mol. The number of hydrogen-bond donors (Lipinski definition) is 0. The van der Waals surface area contributed by atoms with Crippen LogP contribution in [0.25, 0.3) is 0 Å². The number of benzene rings is 1. The molecule has 0 saturated heterocycles. The van der Waals surface area contributed by atoms with E-state index in [1.807, 2.05) is 24.1 Å². The molecule has 0 saturated carbocycles. The van der Waals surface area contributed by atoms with E-state index in [1.165, 1.54) is 5.56 Å². The number of carbonyl (C=O) groups excluding carboxylic acids is 1. The van der Waals surface area contributed by atoms with E-state index < -0.39 is 0 Å². The number of ether oxygens (including phenoxy) is 1. The van der Waals surface area contributed by atoms with Crippen molar-refractivity contribution in [2.75, 3.05) is 33.8 Å². The Bertz CT molecular complexity index is 453. The minimum Gasteiger partial charge on any atom is -0.497 e. The summed E-state index contributed by atoms with van der Waals surface area (Å²) in [4.78, 5) is 16.6. The van der Waals surface area contributed by atoms with Gasteiger partial charge in [0.1, 0.15) is 5.75 Å². The Labute approximate surface area is 141 Å². The van der Waals surface area contributed by atoms with Crippen molar-refractivity contribution in [3.05, 3.63) is 29.8 Å². The van der Waals surface area contributed by atoms with Gasteiger partial charge in [0.25, 0.3) is 0 Å². The van der Waals surface area contributed by atoms with Crippen molar-refractivity contribution in [3.63, 3.8) is 0 Å². The highest BCUT2D eigenvalue weighted by Gasteiger charge is 2.17. The summed E-state index contributed by atoms with van der Waals surface area (Å²) in [5, 5.41) is 0. The Balaban J connectivity index is 2.54. The van der Waals surface area contributed by atoms with Crippen LogP contribution in [0.5, 0.6) is 5.75 Å². The summed E-state index contributed by atoms with van der Waals surface area (Å²) in [7, 11) is 3.71. The fraction of sp³-hybridized carbons (Fsp3) is 0.632. The van der Waals surface area contributed by atoms with Gasteiger partial charge in [-0.2, -0.15) is 0 Å². The maximum atomic E-state index is 12.4. The third kappa shape index (κ3) is 6.61. The maximum absolute atomic E-state index is 12.4. The molecule has 0 bridgehead atoms. The summed E-state index contributed by atoms with van der Waals surface area (Å²) >= 11 is 0. The zero-order valence-electron chi connectivity index (χ0n) is 15.3. The van der Waals surface area contributed by atoms with Gasteiger partial charge in [-0.05, 0) is 50.9 Å². The Morgan fingerprint density at radius 3 is 2.17 bits per heavy atom. The standard InChI is InChI=1S/C19H32N2O2/c1-6-12-21(13-7-2)19(22)15-20(4)16(3)14-17-8-10-18(23-5)11-9-17/h8-11,16H,6-7,12-15H2,1-5H3. The molecular formula is C19H32N2O2. The second-order valence-electron chi connectivity index (χ2n) is 6.20. The molecule has 1 aromatic rings. The number of nitrogens with zero attached hydrogens (tertiary/aromatic N) is 2. The Morgan fingerprint density at radius 1 is 1.13 bits per heavy atom. The number of hydrogen-bond acceptors (Lipinski definition) is 3. The highest BCUT2D eigenvalue weighted by molar-refractivity contribution is 5.78. The number of methoxy groups -OCH3 is 1. The largest absolute Gasteiger partial charge is 0.497 e. The zero-order valence-corrected chi connectivity index (χ0v) is 15.3. The van der Waals surface area contributed by atoms with Gasteiger partial charge < -0.3 is 9.64 Å². The second-order valence-corrected chi connectivity index (χ2v) is 6.20. The van der Waals surface area contributed by atoms with Gasteiger partial charge in [0.2, 0.25) is 5.91 Å². The maximum Gasteiger partial charge on any atom is 0.236 e. The molecule has 0 aliphatic heterocycles. The lowest BCUT2D eigenvalue weighted by Crippen LogP contribution is -2.43. The van der Waals surface area contributed by atoms with Gasteiger partial charge in [0.05, 0.1) is 13.7 Å². The second kappa shape index (κ2) is 10.3. The SMILES string of the molecule is CCCN(CCC)C(=O)CN(C)C(C)Cc1ccc(OC)cc1. The van der Waals surface area contributed by atoms with E-state index in [0.29, 0.717) is 12.6 Å². The highest BCUT2D eigenvalue weighted by Crippen LogP contribution is 2.14. The third-order valence-corrected chi connectivity index (χ3v) is 4.17. The first-order valence-electron chi connectivity index (χ1n) is 8.62. The quantitative estimate of drug-likeness (QED) is 0.664. The molecule has 4 heteroatoms. The molecule has 23 heavy (non-hydrogen) atoms. The van der Waals surface area contributed by atoms with Crippen LogP contribution in [0.2, 0.25) is 0 Å². The monoisotopic (exact) mass is 320 g/mol. The molecule has 1 unspecified atom stereocenters. The number of carbonyl (C=O) groups is 1. The minimum absolute atomic E-state index is 0.234. The lowest BCUT2D eigenvalue weighted by Gasteiger charge is -2.28. The van der Waals surface area contributed by atoms with Crippen molar-refractivity contribution < 1.29 is 9.53 Å². The first kappa shape index (κ1) is 19.5. The highest BCUT2D eigenvalue weighted by atomic mass is 16.5. The van der Waals surface area contributed by atoms with Crippen LogP contribution in [0.4, 0.5) is 0 Å². The van der Waals surface area contributed by atoms with Gasteiger partial charge >= 0.3 is 0 Å². The first-order chi connectivity index (χ1) is 11.0. The molecule has 4 nitrogen and oxygen atoms in total. The van der Waals surface area contributed by atoms with Crippen LogP contribution in [-0.2, 0) is 11.2 Å². The summed E-state index contributed by atoms with van der Waals surface area (Å²) in [5.74, 6) is 1.11. The average molecular weight is 320 g/mol. The molecular weight excluding hydrogens is 288 g/mol. The van der Waals surface area contributed by atoms with Crippen molar-refractivity contribution >= 4 is 5.91 Å². The van der Waals surface area contributed by atoms with Crippen LogP contribution >= 0.6 is 0 Å². The summed E-state index contributed by atoms with van der Waals surface area (Å²) in [5.41, 5.74) is 1.26. The molecule has 0 spiro atoms. The third-order valence-electron chi connectivity index (χ3n) is 4.17. The smallest absolute Gasteiger partial charge is 0.236 e. The van der Waals surface area contributed by atoms with Crippen molar-refractivity contribution in [2.45, 2.75) is 46.1 Å². The van der Waals surface area contributed by atoms with Gasteiger partial charge in [0.15, 0.2) is 0 Å². The van der Waals surface area contributed by atoms with E-state index in [9.17, 15) is 4.79 Å². The number of amides is 1. The van der Waals surface area contributed by atoms with Gasteiger partial charge in [0, 0.05) is 19.1 Å². The van der Waals surface area contributed by atoms with E-state index in [2.05, 4.69) is 37.8 Å². The molecule has 1 amide bonds. The van der Waals surface area contributed by atoms with Gasteiger partial charge in [-0.25, -0.2) is 0 Å². The predicted octanol–water partition coefficient (Wildman–Crippen LogP) is 3.21. The topological polar surface area (TPSA) is 32.8 Å². The Hall–Kier alpha value is -1.55. The fourth-order valence-electron chi connectivity index (χ4n) is 2.63. The van der Waals surface area contributed by atoms with E-state index in [4.69, 9.17) is 4.74 Å². The van der Waals surface area contributed by atoms with Crippen LogP contribution in [0.3, 0.4) is 0 Å². The first-order valence-corrected chi connectivity index (χ1v) is 8.62. The molecule has 1 rings (SSSR count). The van der Waals surface area contributed by atoms with Crippen LogP contribution in [0.1, 0.15) is 39.2 Å². The molecule has 0 aliphatic rings. The fourth-order valence-corrected chi connectivity index (χ4v) is 2.63. The Kier molecular flexibility index (Phi) is 8.70. The van der Waals surface area contributed by atoms with E-state index in [1.54, 1.807) is 7.11 Å². The normalized spacial score (nSPS) is 12.3. The van der Waals surface area contributed by atoms with Crippen molar-refractivity contribution in [3.8, 4) is 5.75 Å². The summed E-state index contributed by atoms with van der Waals surface area (Å²) in [6.45, 7) is 8.59. The number of likely N-dealkylation sites (N-methyl/N-ethyl adjacent to an activating group) is 1. The molecule has 0 radical (unpaired) electrons. The van der Waals surface area contributed by atoms with E-state index in [0.717, 1.165) is 38.1 Å².